The Bertz CT molecular complexity index is 1330. The van der Waals surface area contributed by atoms with Crippen molar-refractivity contribution in [1.82, 2.24) is 4.98 Å². The molecule has 5 heteroatoms. The van der Waals surface area contributed by atoms with Gasteiger partial charge in [-0.2, -0.15) is 10.5 Å². The van der Waals surface area contributed by atoms with Crippen molar-refractivity contribution in [3.63, 3.8) is 0 Å². The Balaban J connectivity index is 1.52. The van der Waals surface area contributed by atoms with E-state index in [1.807, 2.05) is 68.5 Å². The molecule has 0 atom stereocenters. The third kappa shape index (κ3) is 4.95. The maximum Gasteiger partial charge on any atom is 0.183 e. The number of aryl methyl sites for hydroxylation is 1. The van der Waals surface area contributed by atoms with Crippen molar-refractivity contribution in [1.29, 1.82) is 10.5 Å². The minimum atomic E-state index is -1.05. The first kappa shape index (κ1) is 22.7. The number of aliphatic imine (C=N–C) groups is 1. The van der Waals surface area contributed by atoms with E-state index in [-0.39, 0.29) is 5.92 Å². The number of nitriles is 2. The molecule has 2 aromatic carbocycles. The maximum atomic E-state index is 9.87. The molecule has 3 aromatic rings. The van der Waals surface area contributed by atoms with Crippen molar-refractivity contribution >= 4 is 6.21 Å². The van der Waals surface area contributed by atoms with E-state index in [1.165, 1.54) is 5.56 Å². The summed E-state index contributed by atoms with van der Waals surface area (Å²) in [4.78, 5) is 9.08. The van der Waals surface area contributed by atoms with E-state index in [0.717, 1.165) is 22.4 Å². The molecule has 5 nitrogen and oxygen atoms in total. The highest BCUT2D eigenvalue weighted by Crippen LogP contribution is 2.29. The highest BCUT2D eigenvalue weighted by molar-refractivity contribution is 5.83. The van der Waals surface area contributed by atoms with Crippen LogP contribution in [0.2, 0.25) is 0 Å². The predicted molar refractivity (Wildman–Crippen MR) is 133 cm³/mol. The van der Waals surface area contributed by atoms with Gasteiger partial charge in [-0.15, -0.1) is 0 Å². The van der Waals surface area contributed by atoms with Gasteiger partial charge in [0.05, 0.1) is 17.3 Å². The molecule has 0 aliphatic heterocycles. The second kappa shape index (κ2) is 9.98. The summed E-state index contributed by atoms with van der Waals surface area (Å²) >= 11 is 0. The highest BCUT2D eigenvalue weighted by atomic mass is 16.5. The third-order valence-corrected chi connectivity index (χ3v) is 5.86. The van der Waals surface area contributed by atoms with Gasteiger partial charge < -0.3 is 4.74 Å². The van der Waals surface area contributed by atoms with Crippen molar-refractivity contribution in [3.05, 3.63) is 119 Å². The zero-order valence-electron chi connectivity index (χ0n) is 19.1. The Morgan fingerprint density at radius 2 is 1.74 bits per heavy atom. The van der Waals surface area contributed by atoms with Crippen molar-refractivity contribution < 1.29 is 4.74 Å². The average Bonchev–Trinajstić information content (AvgIpc) is 2.89. The van der Waals surface area contributed by atoms with E-state index in [9.17, 15) is 5.26 Å². The zero-order chi connectivity index (χ0) is 24.0. The van der Waals surface area contributed by atoms with Gasteiger partial charge in [-0.1, -0.05) is 54.6 Å². The fourth-order valence-electron chi connectivity index (χ4n) is 3.78. The number of nitrogens with zero attached hydrogens (tertiary/aromatic N) is 4. The summed E-state index contributed by atoms with van der Waals surface area (Å²) in [6.45, 7) is 4.22. The first-order chi connectivity index (χ1) is 16.5. The number of pyridine rings is 1. The second-order valence-corrected chi connectivity index (χ2v) is 8.20. The molecule has 166 valence electrons. The number of aromatic nitrogens is 1. The molecule has 1 aromatic heterocycles. The summed E-state index contributed by atoms with van der Waals surface area (Å²) in [6, 6.07) is 21.9. The molecule has 1 aliphatic rings. The molecule has 0 saturated heterocycles. The van der Waals surface area contributed by atoms with Gasteiger partial charge in [0.25, 0.3) is 0 Å². The highest BCUT2D eigenvalue weighted by Gasteiger charge is 2.26. The molecule has 0 fully saturated rings. The molecular weight excluding hydrogens is 420 g/mol. The topological polar surface area (TPSA) is 82.1 Å². The lowest BCUT2D eigenvalue weighted by Crippen LogP contribution is -2.21. The Hall–Kier alpha value is -4.48. The van der Waals surface area contributed by atoms with Gasteiger partial charge in [-0.3, -0.25) is 9.98 Å². The van der Waals surface area contributed by atoms with Crippen LogP contribution in [-0.4, -0.2) is 16.7 Å². The second-order valence-electron chi connectivity index (χ2n) is 8.20. The van der Waals surface area contributed by atoms with Gasteiger partial charge in [0.1, 0.15) is 18.4 Å². The third-order valence-electron chi connectivity index (χ3n) is 5.86. The minimum absolute atomic E-state index is 0.128. The van der Waals surface area contributed by atoms with Crippen LogP contribution in [0.4, 0.5) is 0 Å². The van der Waals surface area contributed by atoms with E-state index >= 15 is 0 Å². The lowest BCUT2D eigenvalue weighted by molar-refractivity contribution is 0.300. The maximum absolute atomic E-state index is 9.87. The lowest BCUT2D eigenvalue weighted by atomic mass is 9.87. The predicted octanol–water partition coefficient (Wildman–Crippen LogP) is 5.74. The Morgan fingerprint density at radius 1 is 1.03 bits per heavy atom. The van der Waals surface area contributed by atoms with Crippen LogP contribution in [0, 0.1) is 36.5 Å². The monoisotopic (exact) mass is 444 g/mol. The standard InChI is InChI=1S/C29H24N4O/c1-21-27(17-32-22(2)28(21)34-19-24-10-8-23(16-30)9-11-24)18-33-29(20-31)14-12-26(13-15-29)25-6-4-3-5-7-25/h3-15,17-18,26H,19H2,1-2H3/b33-18+. The number of ether oxygens (including phenoxy) is 1. The Morgan fingerprint density at radius 3 is 2.38 bits per heavy atom. The molecule has 4 rings (SSSR count). The van der Waals surface area contributed by atoms with Gasteiger partial charge in [0.2, 0.25) is 0 Å². The van der Waals surface area contributed by atoms with E-state index in [4.69, 9.17) is 10.00 Å². The quantitative estimate of drug-likeness (QED) is 0.359. The molecule has 34 heavy (non-hydrogen) atoms. The van der Waals surface area contributed by atoms with E-state index in [1.54, 1.807) is 24.5 Å². The van der Waals surface area contributed by atoms with Crippen LogP contribution in [0.25, 0.3) is 0 Å². The van der Waals surface area contributed by atoms with Gasteiger partial charge in [-0.05, 0) is 49.3 Å². The van der Waals surface area contributed by atoms with Gasteiger partial charge in [-0.25, -0.2) is 0 Å². The molecule has 0 spiro atoms. The van der Waals surface area contributed by atoms with Crippen LogP contribution < -0.4 is 4.74 Å². The molecule has 0 bridgehead atoms. The normalized spacial score (nSPS) is 19.0. The summed E-state index contributed by atoms with van der Waals surface area (Å²) in [5.74, 6) is 0.820. The van der Waals surface area contributed by atoms with Crippen molar-refractivity contribution in [3.8, 4) is 17.9 Å². The first-order valence-corrected chi connectivity index (χ1v) is 11.0. The van der Waals surface area contributed by atoms with E-state index < -0.39 is 5.54 Å². The van der Waals surface area contributed by atoms with Crippen LogP contribution in [0.3, 0.4) is 0 Å². The van der Waals surface area contributed by atoms with Crippen LogP contribution in [0.1, 0.15) is 39.4 Å². The summed E-state index contributed by atoms with van der Waals surface area (Å²) < 4.78 is 6.07. The van der Waals surface area contributed by atoms with Crippen LogP contribution in [0.5, 0.6) is 5.75 Å². The summed E-state index contributed by atoms with van der Waals surface area (Å²) in [6.07, 6.45) is 11.2. The largest absolute Gasteiger partial charge is 0.487 e. The van der Waals surface area contributed by atoms with E-state index in [0.29, 0.717) is 17.9 Å². The summed E-state index contributed by atoms with van der Waals surface area (Å²) in [7, 11) is 0. The Labute approximate surface area is 200 Å². The summed E-state index contributed by atoms with van der Waals surface area (Å²) in [5.41, 5.74) is 4.18. The molecular formula is C29H24N4O. The first-order valence-electron chi connectivity index (χ1n) is 11.0. The van der Waals surface area contributed by atoms with Crippen molar-refractivity contribution in [2.75, 3.05) is 0 Å². The zero-order valence-corrected chi connectivity index (χ0v) is 19.1. The molecule has 0 N–H and O–H groups in total. The van der Waals surface area contributed by atoms with Crippen molar-refractivity contribution in [2.24, 2.45) is 4.99 Å². The number of hydrogen-bond acceptors (Lipinski definition) is 5. The molecule has 0 unspecified atom stereocenters. The average molecular weight is 445 g/mol. The Kier molecular flexibility index (Phi) is 6.67. The number of rotatable bonds is 6. The molecule has 0 radical (unpaired) electrons. The van der Waals surface area contributed by atoms with E-state index in [2.05, 4.69) is 34.2 Å². The number of benzene rings is 2. The fourth-order valence-corrected chi connectivity index (χ4v) is 3.78. The van der Waals surface area contributed by atoms with Crippen LogP contribution in [0.15, 0.2) is 90.1 Å². The van der Waals surface area contributed by atoms with Gasteiger partial charge in [0.15, 0.2) is 5.54 Å². The molecule has 1 aliphatic carbocycles. The van der Waals surface area contributed by atoms with Crippen LogP contribution >= 0.6 is 0 Å². The molecule has 0 amide bonds. The van der Waals surface area contributed by atoms with Gasteiger partial charge >= 0.3 is 0 Å². The molecule has 0 saturated carbocycles. The molecule has 1 heterocycles. The fraction of sp³-hybridized carbons (Fsp3) is 0.172. The minimum Gasteiger partial charge on any atom is -0.487 e. The van der Waals surface area contributed by atoms with Crippen LogP contribution in [-0.2, 0) is 6.61 Å². The lowest BCUT2D eigenvalue weighted by Gasteiger charge is -2.21. The summed E-state index contributed by atoms with van der Waals surface area (Å²) in [5, 5.41) is 18.8. The number of hydrogen-bond donors (Lipinski definition) is 0. The smallest absolute Gasteiger partial charge is 0.183 e. The van der Waals surface area contributed by atoms with Crippen molar-refractivity contribution in [2.45, 2.75) is 31.9 Å². The number of allylic oxidation sites excluding steroid dienone is 2. The van der Waals surface area contributed by atoms with Gasteiger partial charge in [0, 0.05) is 29.5 Å². The SMILES string of the molecule is Cc1ncc(/C=N/C2(C#N)C=CC(c3ccccc3)C=C2)c(C)c1OCc1ccc(C#N)cc1.